The second-order valence-electron chi connectivity index (χ2n) is 8.30. The molecule has 0 spiro atoms. The molecular weight excluding hydrogens is 364 g/mol. The zero-order valence-electron chi connectivity index (χ0n) is 17.6. The van der Waals surface area contributed by atoms with Crippen LogP contribution in [0.3, 0.4) is 0 Å². The Kier molecular flexibility index (Phi) is 6.84. The average molecular weight is 397 g/mol. The minimum atomic E-state index is 0.0682. The molecule has 3 rings (SSSR count). The first-order valence-electron chi connectivity index (χ1n) is 10.1. The molecule has 150 valence electrons. The molecule has 4 heteroatoms. The summed E-state index contributed by atoms with van der Waals surface area (Å²) < 4.78 is 6.19. The number of thioether (sulfide) groups is 1. The maximum Gasteiger partial charge on any atom is 0.151 e. The molecule has 28 heavy (non-hydrogen) atoms. The molecule has 0 radical (unpaired) electrons. The molecule has 2 aliphatic carbocycles. The fraction of sp³-hybridized carbons (Fsp3) is 0.458. The van der Waals surface area contributed by atoms with E-state index in [2.05, 4.69) is 75.6 Å². The van der Waals surface area contributed by atoms with Crippen LogP contribution >= 0.6 is 11.8 Å². The predicted octanol–water partition coefficient (Wildman–Crippen LogP) is 5.81. The third kappa shape index (κ3) is 4.98. The van der Waals surface area contributed by atoms with Gasteiger partial charge in [-0.3, -0.25) is 9.89 Å². The van der Waals surface area contributed by atoms with Gasteiger partial charge in [0.2, 0.25) is 0 Å². The molecule has 0 saturated carbocycles. The number of hydrogen-bond donors (Lipinski definition) is 0. The van der Waals surface area contributed by atoms with Crippen molar-refractivity contribution in [2.24, 2.45) is 4.99 Å². The summed E-state index contributed by atoms with van der Waals surface area (Å²) in [6.07, 6.45) is 15.2. The summed E-state index contributed by atoms with van der Waals surface area (Å²) in [6, 6.07) is 0. The Hall–Kier alpha value is -1.78. The highest BCUT2D eigenvalue weighted by Gasteiger charge is 2.33. The third-order valence-electron chi connectivity index (χ3n) is 5.04. The van der Waals surface area contributed by atoms with E-state index >= 15 is 0 Å². The van der Waals surface area contributed by atoms with Crippen LogP contribution < -0.4 is 0 Å². The Morgan fingerprint density at radius 1 is 1.29 bits per heavy atom. The molecule has 3 aliphatic rings. The molecule has 0 aromatic rings. The van der Waals surface area contributed by atoms with Crippen molar-refractivity contribution in [1.82, 2.24) is 4.90 Å². The van der Waals surface area contributed by atoms with Gasteiger partial charge in [-0.1, -0.05) is 37.8 Å². The molecule has 0 aromatic heterocycles. The minimum absolute atomic E-state index is 0.0682. The molecule has 0 N–H and O–H groups in total. The first-order valence-corrected chi connectivity index (χ1v) is 11.1. The largest absolute Gasteiger partial charge is 0.475 e. The van der Waals surface area contributed by atoms with Gasteiger partial charge in [0.05, 0.1) is 0 Å². The van der Waals surface area contributed by atoms with Crippen LogP contribution in [0.1, 0.15) is 40.5 Å². The van der Waals surface area contributed by atoms with Crippen LogP contribution in [0.25, 0.3) is 0 Å². The minimum Gasteiger partial charge on any atom is -0.475 e. The van der Waals surface area contributed by atoms with Gasteiger partial charge in [-0.2, -0.15) is 0 Å². The smallest absolute Gasteiger partial charge is 0.151 e. The Morgan fingerprint density at radius 3 is 2.86 bits per heavy atom. The van der Waals surface area contributed by atoms with Crippen LogP contribution in [0.15, 0.2) is 75.4 Å². The Morgan fingerprint density at radius 2 is 2.11 bits per heavy atom. The monoisotopic (exact) mass is 396 g/mol. The van der Waals surface area contributed by atoms with Gasteiger partial charge in [-0.15, -0.1) is 11.8 Å². The molecule has 3 nitrogen and oxygen atoms in total. The molecule has 0 saturated heterocycles. The Balaban J connectivity index is 1.86. The van der Waals surface area contributed by atoms with E-state index in [-0.39, 0.29) is 5.54 Å². The number of allylic oxidation sites excluding steroid dienone is 6. The van der Waals surface area contributed by atoms with Gasteiger partial charge in [0, 0.05) is 40.4 Å². The van der Waals surface area contributed by atoms with E-state index in [1.165, 1.54) is 16.1 Å². The second-order valence-corrected chi connectivity index (χ2v) is 9.35. The van der Waals surface area contributed by atoms with E-state index in [9.17, 15) is 0 Å². The fourth-order valence-electron chi connectivity index (χ4n) is 3.24. The van der Waals surface area contributed by atoms with Gasteiger partial charge in [0.25, 0.3) is 0 Å². The summed E-state index contributed by atoms with van der Waals surface area (Å²) in [5.74, 6) is 1.82. The van der Waals surface area contributed by atoms with E-state index in [1.807, 2.05) is 11.8 Å². The van der Waals surface area contributed by atoms with Gasteiger partial charge in [0.15, 0.2) is 5.76 Å². The summed E-state index contributed by atoms with van der Waals surface area (Å²) in [4.78, 5) is 8.48. The molecule has 0 atom stereocenters. The first kappa shape index (κ1) is 20.9. The van der Waals surface area contributed by atoms with Gasteiger partial charge in [0.1, 0.15) is 12.4 Å². The molecule has 1 aliphatic heterocycles. The van der Waals surface area contributed by atoms with Crippen molar-refractivity contribution in [3.05, 3.63) is 70.4 Å². The zero-order chi connectivity index (χ0) is 20.1. The molecule has 1 heterocycles. The lowest BCUT2D eigenvalue weighted by Gasteiger charge is -2.40. The SMILES string of the molecule is C=C1C(CSC2=CC=CCC=C2)=CC2=C(OCN(C(C)(C)C)C2)C1=NCCC. The van der Waals surface area contributed by atoms with Crippen LogP contribution in [0, 0.1) is 0 Å². The van der Waals surface area contributed by atoms with Crippen molar-refractivity contribution < 1.29 is 4.74 Å². The topological polar surface area (TPSA) is 24.8 Å². The zero-order valence-corrected chi connectivity index (χ0v) is 18.4. The van der Waals surface area contributed by atoms with Gasteiger partial charge >= 0.3 is 0 Å². The highest BCUT2D eigenvalue weighted by Crippen LogP contribution is 2.35. The molecule has 0 unspecified atom stereocenters. The van der Waals surface area contributed by atoms with Gasteiger partial charge < -0.3 is 4.74 Å². The highest BCUT2D eigenvalue weighted by molar-refractivity contribution is 8.03. The van der Waals surface area contributed by atoms with Crippen LogP contribution in [0.4, 0.5) is 0 Å². The van der Waals surface area contributed by atoms with Crippen LogP contribution in [0.5, 0.6) is 0 Å². The Bertz CT molecular complexity index is 803. The molecule has 0 fully saturated rings. The molecule has 0 aromatic carbocycles. The van der Waals surface area contributed by atoms with Crippen molar-refractivity contribution in [2.75, 3.05) is 25.6 Å². The fourth-order valence-corrected chi connectivity index (χ4v) is 4.19. The average Bonchev–Trinajstić information content (AvgIpc) is 2.93. The van der Waals surface area contributed by atoms with E-state index in [0.717, 1.165) is 48.7 Å². The number of nitrogens with zero attached hydrogens (tertiary/aromatic N) is 2. The number of hydrogen-bond acceptors (Lipinski definition) is 4. The summed E-state index contributed by atoms with van der Waals surface area (Å²) in [7, 11) is 0. The van der Waals surface area contributed by atoms with Crippen molar-refractivity contribution in [3.63, 3.8) is 0 Å². The summed E-state index contributed by atoms with van der Waals surface area (Å²) in [5.41, 5.74) is 4.51. The lowest BCUT2D eigenvalue weighted by molar-refractivity contribution is 0.00865. The summed E-state index contributed by atoms with van der Waals surface area (Å²) in [6.45, 7) is 15.5. The third-order valence-corrected chi connectivity index (χ3v) is 6.10. The van der Waals surface area contributed by atoms with Crippen molar-refractivity contribution in [2.45, 2.75) is 46.1 Å². The molecule has 0 bridgehead atoms. The highest BCUT2D eigenvalue weighted by atomic mass is 32.2. The Labute approximate surface area is 174 Å². The van der Waals surface area contributed by atoms with Gasteiger partial charge in [-0.05, 0) is 51.3 Å². The molecular formula is C24H32N2OS. The van der Waals surface area contributed by atoms with E-state index in [1.54, 1.807) is 0 Å². The van der Waals surface area contributed by atoms with E-state index in [4.69, 9.17) is 9.73 Å². The van der Waals surface area contributed by atoms with Gasteiger partial charge in [-0.25, -0.2) is 0 Å². The lowest BCUT2D eigenvalue weighted by atomic mass is 9.91. The van der Waals surface area contributed by atoms with Crippen LogP contribution in [-0.4, -0.2) is 41.7 Å². The van der Waals surface area contributed by atoms with Crippen molar-refractivity contribution in [1.29, 1.82) is 0 Å². The maximum atomic E-state index is 6.19. The predicted molar refractivity (Wildman–Crippen MR) is 123 cm³/mol. The molecule has 0 amide bonds. The van der Waals surface area contributed by atoms with Crippen LogP contribution in [0.2, 0.25) is 0 Å². The normalized spacial score (nSPS) is 22.0. The van der Waals surface area contributed by atoms with Crippen LogP contribution in [-0.2, 0) is 4.74 Å². The first-order chi connectivity index (χ1) is 13.4. The summed E-state index contributed by atoms with van der Waals surface area (Å²) in [5, 5.41) is 0. The maximum absolute atomic E-state index is 6.19. The van der Waals surface area contributed by atoms with Crippen molar-refractivity contribution in [3.8, 4) is 0 Å². The van der Waals surface area contributed by atoms with E-state index in [0.29, 0.717) is 6.73 Å². The second kappa shape index (κ2) is 9.15. The lowest BCUT2D eigenvalue weighted by Crippen LogP contribution is -2.47. The standard InChI is InChI=1S/C24H32N2OS/c1-6-13-25-22-18(2)20(16-28-21-11-9-7-8-10-12-21)14-19-15-26(24(3,4)5)17-27-23(19)22/h7,9-12,14H,2,6,8,13,15-17H2,1,3-5H3. The van der Waals surface area contributed by atoms with E-state index < -0.39 is 0 Å². The van der Waals surface area contributed by atoms with Crippen molar-refractivity contribution >= 4 is 17.5 Å². The number of ether oxygens (including phenoxy) is 1. The summed E-state index contributed by atoms with van der Waals surface area (Å²) >= 11 is 1.85. The number of rotatable bonds is 5. The quantitative estimate of drug-likeness (QED) is 0.586. The number of aliphatic imine (C=N–C) groups is 1.